The molecule has 1 fully saturated rings. The Morgan fingerprint density at radius 1 is 1.40 bits per heavy atom. The monoisotopic (exact) mass is 232 g/mol. The highest BCUT2D eigenvalue weighted by Gasteiger charge is 2.09. The summed E-state index contributed by atoms with van der Waals surface area (Å²) in [5.41, 5.74) is 0. The second-order valence-electron chi connectivity index (χ2n) is 4.22. The molecule has 3 nitrogen and oxygen atoms in total. The van der Waals surface area contributed by atoms with Crippen molar-refractivity contribution in [3.63, 3.8) is 0 Å². The highest BCUT2D eigenvalue weighted by atomic mass is 32.2. The van der Waals surface area contributed by atoms with Gasteiger partial charge in [0.2, 0.25) is 0 Å². The van der Waals surface area contributed by atoms with Gasteiger partial charge in [0, 0.05) is 26.2 Å². The van der Waals surface area contributed by atoms with E-state index in [1.165, 1.54) is 5.75 Å². The fourth-order valence-corrected chi connectivity index (χ4v) is 2.44. The normalized spacial score (nSPS) is 20.4. The number of ether oxygens (including phenoxy) is 1. The summed E-state index contributed by atoms with van der Waals surface area (Å²) in [6.07, 6.45) is 2.17. The zero-order chi connectivity index (χ0) is 10.9. The third-order valence-corrected chi connectivity index (χ3v) is 3.55. The molecule has 4 heteroatoms. The number of rotatable bonds is 7. The van der Waals surface area contributed by atoms with Gasteiger partial charge in [0.1, 0.15) is 0 Å². The maximum Gasteiger partial charge on any atom is 0.0594 e. The lowest BCUT2D eigenvalue weighted by molar-refractivity contribution is 0.0384. The summed E-state index contributed by atoms with van der Waals surface area (Å²) in [6.45, 7) is 9.73. The summed E-state index contributed by atoms with van der Waals surface area (Å²) in [5, 5.41) is 3.52. The van der Waals surface area contributed by atoms with E-state index < -0.39 is 0 Å². The molecule has 0 bridgehead atoms. The highest BCUT2D eigenvalue weighted by Crippen LogP contribution is 2.02. The first-order valence-electron chi connectivity index (χ1n) is 5.82. The van der Waals surface area contributed by atoms with Crippen LogP contribution in [0.3, 0.4) is 0 Å². The molecular weight excluding hydrogens is 208 g/mol. The molecule has 0 aromatic carbocycles. The van der Waals surface area contributed by atoms with Crippen molar-refractivity contribution in [2.75, 3.05) is 57.9 Å². The summed E-state index contributed by atoms with van der Waals surface area (Å²) < 4.78 is 5.31. The molecule has 0 aromatic heterocycles. The van der Waals surface area contributed by atoms with Gasteiger partial charge < -0.3 is 10.1 Å². The summed E-state index contributed by atoms with van der Waals surface area (Å²) in [6, 6.07) is 0. The molecule has 1 aliphatic heterocycles. The van der Waals surface area contributed by atoms with Crippen molar-refractivity contribution in [2.45, 2.75) is 6.92 Å². The van der Waals surface area contributed by atoms with Crippen LogP contribution in [0.15, 0.2) is 0 Å². The SMILES string of the molecule is CSCC(C)CNCCN1CCOCC1. The number of thioether (sulfide) groups is 1. The molecule has 0 aromatic rings. The van der Waals surface area contributed by atoms with Crippen LogP contribution in [0.4, 0.5) is 0 Å². The molecule has 15 heavy (non-hydrogen) atoms. The Balaban J connectivity index is 1.91. The molecule has 1 rings (SSSR count). The van der Waals surface area contributed by atoms with E-state index in [9.17, 15) is 0 Å². The van der Waals surface area contributed by atoms with Gasteiger partial charge in [-0.3, -0.25) is 4.90 Å². The van der Waals surface area contributed by atoms with Gasteiger partial charge in [-0.05, 0) is 24.5 Å². The standard InChI is InChI=1S/C11H24N2OS/c1-11(10-15-2)9-12-3-4-13-5-7-14-8-6-13/h11-12H,3-10H2,1-2H3. The van der Waals surface area contributed by atoms with Crippen molar-refractivity contribution in [1.29, 1.82) is 0 Å². The Kier molecular flexibility index (Phi) is 7.44. The van der Waals surface area contributed by atoms with Crippen LogP contribution in [-0.4, -0.2) is 62.8 Å². The first kappa shape index (κ1) is 13.3. The van der Waals surface area contributed by atoms with E-state index >= 15 is 0 Å². The molecule has 1 saturated heterocycles. The molecule has 1 unspecified atom stereocenters. The molecule has 1 atom stereocenters. The second kappa shape index (κ2) is 8.39. The minimum absolute atomic E-state index is 0.782. The molecule has 1 aliphatic rings. The molecule has 1 N–H and O–H groups in total. The zero-order valence-corrected chi connectivity index (χ0v) is 10.8. The van der Waals surface area contributed by atoms with E-state index in [0.717, 1.165) is 51.9 Å². The molecule has 0 radical (unpaired) electrons. The van der Waals surface area contributed by atoms with Gasteiger partial charge in [-0.15, -0.1) is 0 Å². The topological polar surface area (TPSA) is 24.5 Å². The van der Waals surface area contributed by atoms with Crippen LogP contribution in [0.5, 0.6) is 0 Å². The minimum atomic E-state index is 0.782. The molecule has 0 saturated carbocycles. The number of hydrogen-bond donors (Lipinski definition) is 1. The molecule has 0 aliphatic carbocycles. The Labute approximate surface area is 97.9 Å². The maximum absolute atomic E-state index is 5.31. The van der Waals surface area contributed by atoms with E-state index in [2.05, 4.69) is 23.4 Å². The van der Waals surface area contributed by atoms with Crippen LogP contribution in [0.25, 0.3) is 0 Å². The van der Waals surface area contributed by atoms with Crippen LogP contribution in [0.1, 0.15) is 6.92 Å². The van der Waals surface area contributed by atoms with Crippen molar-refractivity contribution in [1.82, 2.24) is 10.2 Å². The van der Waals surface area contributed by atoms with Gasteiger partial charge in [0.15, 0.2) is 0 Å². The van der Waals surface area contributed by atoms with Crippen LogP contribution in [0, 0.1) is 5.92 Å². The number of nitrogens with zero attached hydrogens (tertiary/aromatic N) is 1. The Hall–Kier alpha value is 0.230. The molecular formula is C11H24N2OS. The molecule has 1 heterocycles. The lowest BCUT2D eigenvalue weighted by Crippen LogP contribution is -2.40. The van der Waals surface area contributed by atoms with Crippen LogP contribution >= 0.6 is 11.8 Å². The largest absolute Gasteiger partial charge is 0.379 e. The van der Waals surface area contributed by atoms with Crippen LogP contribution < -0.4 is 5.32 Å². The zero-order valence-electron chi connectivity index (χ0n) is 10.00. The predicted octanol–water partition coefficient (Wildman–Crippen LogP) is 0.907. The van der Waals surface area contributed by atoms with Crippen LogP contribution in [-0.2, 0) is 4.74 Å². The lowest BCUT2D eigenvalue weighted by atomic mass is 10.2. The van der Waals surface area contributed by atoms with Crippen molar-refractivity contribution in [3.8, 4) is 0 Å². The Morgan fingerprint density at radius 2 is 2.13 bits per heavy atom. The predicted molar refractivity (Wildman–Crippen MR) is 67.7 cm³/mol. The van der Waals surface area contributed by atoms with Crippen molar-refractivity contribution >= 4 is 11.8 Å². The van der Waals surface area contributed by atoms with E-state index in [1.807, 2.05) is 11.8 Å². The van der Waals surface area contributed by atoms with E-state index in [0.29, 0.717) is 0 Å². The maximum atomic E-state index is 5.31. The average molecular weight is 232 g/mol. The minimum Gasteiger partial charge on any atom is -0.379 e. The second-order valence-corrected chi connectivity index (χ2v) is 5.13. The number of hydrogen-bond acceptors (Lipinski definition) is 4. The van der Waals surface area contributed by atoms with Gasteiger partial charge >= 0.3 is 0 Å². The Bertz CT molecular complexity index is 152. The first-order chi connectivity index (χ1) is 7.33. The first-order valence-corrected chi connectivity index (χ1v) is 7.22. The third kappa shape index (κ3) is 6.40. The van der Waals surface area contributed by atoms with Crippen molar-refractivity contribution < 1.29 is 4.74 Å². The van der Waals surface area contributed by atoms with Gasteiger partial charge in [-0.2, -0.15) is 11.8 Å². The third-order valence-electron chi connectivity index (χ3n) is 2.65. The average Bonchev–Trinajstić information content (AvgIpc) is 2.26. The Morgan fingerprint density at radius 3 is 2.80 bits per heavy atom. The molecule has 0 spiro atoms. The van der Waals surface area contributed by atoms with Crippen molar-refractivity contribution in [2.24, 2.45) is 5.92 Å². The van der Waals surface area contributed by atoms with Crippen molar-refractivity contribution in [3.05, 3.63) is 0 Å². The van der Waals surface area contributed by atoms with E-state index in [4.69, 9.17) is 4.74 Å². The number of morpholine rings is 1. The van der Waals surface area contributed by atoms with Gasteiger partial charge in [0.05, 0.1) is 13.2 Å². The number of nitrogens with one attached hydrogen (secondary N) is 1. The lowest BCUT2D eigenvalue weighted by Gasteiger charge is -2.26. The van der Waals surface area contributed by atoms with Gasteiger partial charge in [0.25, 0.3) is 0 Å². The molecule has 90 valence electrons. The summed E-state index contributed by atoms with van der Waals surface area (Å²) in [5.74, 6) is 2.04. The quantitative estimate of drug-likeness (QED) is 0.659. The summed E-state index contributed by atoms with van der Waals surface area (Å²) in [7, 11) is 0. The summed E-state index contributed by atoms with van der Waals surface area (Å²) in [4.78, 5) is 2.47. The smallest absolute Gasteiger partial charge is 0.0594 e. The highest BCUT2D eigenvalue weighted by molar-refractivity contribution is 7.98. The van der Waals surface area contributed by atoms with E-state index in [-0.39, 0.29) is 0 Å². The van der Waals surface area contributed by atoms with Gasteiger partial charge in [-0.25, -0.2) is 0 Å². The fourth-order valence-electron chi connectivity index (χ4n) is 1.75. The summed E-state index contributed by atoms with van der Waals surface area (Å²) >= 11 is 1.93. The van der Waals surface area contributed by atoms with E-state index in [1.54, 1.807) is 0 Å². The van der Waals surface area contributed by atoms with Gasteiger partial charge in [-0.1, -0.05) is 6.92 Å². The molecule has 0 amide bonds. The van der Waals surface area contributed by atoms with Crippen LogP contribution in [0.2, 0.25) is 0 Å². The fraction of sp³-hybridized carbons (Fsp3) is 1.00.